The van der Waals surface area contributed by atoms with Crippen LogP contribution in [0.1, 0.15) is 44.6 Å². The lowest BCUT2D eigenvalue weighted by molar-refractivity contribution is -0.139. The second kappa shape index (κ2) is 13.5. The Morgan fingerprint density at radius 2 is 1.64 bits per heavy atom. The molecule has 0 radical (unpaired) electrons. The first kappa shape index (κ1) is 30.1. The van der Waals surface area contributed by atoms with Gasteiger partial charge < -0.3 is 24.4 Å². The summed E-state index contributed by atoms with van der Waals surface area (Å²) in [5.41, 5.74) is 0.933. The highest BCUT2D eigenvalue weighted by Crippen LogP contribution is 2.33. The lowest BCUT2D eigenvalue weighted by Gasteiger charge is -2.33. The fourth-order valence-corrected chi connectivity index (χ4v) is 5.56. The Morgan fingerprint density at radius 3 is 2.26 bits per heavy atom. The lowest BCUT2D eigenvalue weighted by Crippen LogP contribution is -2.53. The molecule has 0 spiro atoms. The van der Waals surface area contributed by atoms with Crippen molar-refractivity contribution < 1.29 is 32.2 Å². The molecule has 0 unspecified atom stereocenters. The number of nitrogens with one attached hydrogen (secondary N) is 1. The van der Waals surface area contributed by atoms with Gasteiger partial charge in [0.2, 0.25) is 21.8 Å². The molecule has 39 heavy (non-hydrogen) atoms. The fraction of sp³-hybridized carbons (Fsp3) is 0.500. The predicted molar refractivity (Wildman–Crippen MR) is 150 cm³/mol. The summed E-state index contributed by atoms with van der Waals surface area (Å²) in [6, 6.07) is 11.1. The summed E-state index contributed by atoms with van der Waals surface area (Å²) in [4.78, 5) is 28.5. The molecular weight excluding hydrogens is 522 g/mol. The Morgan fingerprint density at radius 1 is 0.974 bits per heavy atom. The monoisotopic (exact) mass is 561 g/mol. The Balaban J connectivity index is 1.93. The van der Waals surface area contributed by atoms with Gasteiger partial charge in [-0.1, -0.05) is 31.4 Å². The van der Waals surface area contributed by atoms with Crippen molar-refractivity contribution in [3.05, 3.63) is 48.0 Å². The van der Waals surface area contributed by atoms with Crippen molar-refractivity contribution in [2.24, 2.45) is 0 Å². The number of amides is 2. The quantitative estimate of drug-likeness (QED) is 0.423. The van der Waals surface area contributed by atoms with E-state index in [0.717, 1.165) is 48.2 Å². The van der Waals surface area contributed by atoms with Gasteiger partial charge in [-0.25, -0.2) is 8.42 Å². The molecule has 0 aliphatic heterocycles. The van der Waals surface area contributed by atoms with Crippen LogP contribution in [0.2, 0.25) is 0 Å². The second-order valence-electron chi connectivity index (χ2n) is 9.70. The lowest BCUT2D eigenvalue weighted by atomic mass is 9.95. The van der Waals surface area contributed by atoms with E-state index >= 15 is 0 Å². The van der Waals surface area contributed by atoms with E-state index in [9.17, 15) is 18.0 Å². The van der Waals surface area contributed by atoms with Gasteiger partial charge >= 0.3 is 0 Å². The Kier molecular flexibility index (Phi) is 10.4. The maximum atomic E-state index is 13.8. The van der Waals surface area contributed by atoms with Crippen LogP contribution in [0.3, 0.4) is 0 Å². The van der Waals surface area contributed by atoms with Crippen LogP contribution >= 0.6 is 0 Å². The van der Waals surface area contributed by atoms with Crippen molar-refractivity contribution in [3.63, 3.8) is 0 Å². The summed E-state index contributed by atoms with van der Waals surface area (Å²) in [5, 5.41) is 3.09. The Bertz CT molecular complexity index is 1250. The van der Waals surface area contributed by atoms with E-state index < -0.39 is 28.5 Å². The second-order valence-corrected chi connectivity index (χ2v) is 11.6. The number of rotatable bonds is 12. The first-order chi connectivity index (χ1) is 18.6. The van der Waals surface area contributed by atoms with Gasteiger partial charge in [0.15, 0.2) is 0 Å². The number of carbonyl (C=O) groups is 2. The minimum atomic E-state index is -3.91. The van der Waals surface area contributed by atoms with Crippen LogP contribution < -0.4 is 23.8 Å². The number of methoxy groups -OCH3 is 3. The van der Waals surface area contributed by atoms with Crippen LogP contribution in [0, 0.1) is 0 Å². The van der Waals surface area contributed by atoms with Crippen LogP contribution in [-0.2, 0) is 26.2 Å². The van der Waals surface area contributed by atoms with Gasteiger partial charge in [-0.15, -0.1) is 0 Å². The molecule has 2 aromatic carbocycles. The molecule has 1 aliphatic carbocycles. The maximum Gasteiger partial charge on any atom is 0.244 e. The van der Waals surface area contributed by atoms with E-state index in [1.165, 1.54) is 25.2 Å². The number of anilines is 1. The Labute approximate surface area is 231 Å². The third kappa shape index (κ3) is 8.01. The number of hydrogen-bond donors (Lipinski definition) is 1. The van der Waals surface area contributed by atoms with Gasteiger partial charge in [0.05, 0.1) is 33.3 Å². The van der Waals surface area contributed by atoms with Crippen molar-refractivity contribution in [3.8, 4) is 17.2 Å². The van der Waals surface area contributed by atoms with Gasteiger partial charge in [-0.05, 0) is 49.6 Å². The molecule has 3 rings (SSSR count). The van der Waals surface area contributed by atoms with Crippen LogP contribution in [0.15, 0.2) is 42.5 Å². The number of benzene rings is 2. The molecule has 1 aliphatic rings. The van der Waals surface area contributed by atoms with Gasteiger partial charge in [-0.2, -0.15) is 0 Å². The van der Waals surface area contributed by atoms with E-state index in [1.54, 1.807) is 44.4 Å². The molecule has 214 valence electrons. The van der Waals surface area contributed by atoms with Crippen LogP contribution in [0.5, 0.6) is 17.2 Å². The van der Waals surface area contributed by atoms with E-state index in [1.807, 2.05) is 6.07 Å². The van der Waals surface area contributed by atoms with Crippen molar-refractivity contribution >= 4 is 27.5 Å². The van der Waals surface area contributed by atoms with Crippen LogP contribution in [-0.4, -0.2) is 71.3 Å². The molecular formula is C28H39N3O7S. The highest BCUT2D eigenvalue weighted by atomic mass is 32.2. The Hall–Kier alpha value is -3.47. The minimum absolute atomic E-state index is 0.0681. The zero-order valence-electron chi connectivity index (χ0n) is 23.3. The molecule has 2 aromatic rings. The third-order valence-electron chi connectivity index (χ3n) is 6.94. The first-order valence-corrected chi connectivity index (χ1v) is 14.8. The molecule has 0 bridgehead atoms. The molecule has 2 amide bonds. The molecule has 11 heteroatoms. The number of nitrogens with zero attached hydrogens (tertiary/aromatic N) is 2. The van der Waals surface area contributed by atoms with Gasteiger partial charge in [0.25, 0.3) is 0 Å². The van der Waals surface area contributed by atoms with E-state index in [-0.39, 0.29) is 29.9 Å². The number of carbonyl (C=O) groups excluding carboxylic acids is 2. The van der Waals surface area contributed by atoms with Gasteiger partial charge in [-0.3, -0.25) is 13.9 Å². The maximum absolute atomic E-state index is 13.8. The predicted octanol–water partition coefficient (Wildman–Crippen LogP) is 3.34. The summed E-state index contributed by atoms with van der Waals surface area (Å²) in [6.07, 6.45) is 6.09. The van der Waals surface area contributed by atoms with E-state index in [0.29, 0.717) is 11.5 Å². The average molecular weight is 562 g/mol. The molecule has 0 saturated heterocycles. The van der Waals surface area contributed by atoms with Crippen molar-refractivity contribution in [2.45, 2.75) is 57.7 Å². The SMILES string of the molecule is COc1cccc(CN(C(=O)CN(c2ccc(OC)cc2OC)S(C)(=O)=O)[C@@H](C)C(=O)NC2CCCCC2)c1. The largest absolute Gasteiger partial charge is 0.497 e. The van der Waals surface area contributed by atoms with E-state index in [4.69, 9.17) is 14.2 Å². The normalized spacial score (nSPS) is 14.7. The summed E-state index contributed by atoms with van der Waals surface area (Å²) in [6.45, 7) is 1.23. The summed E-state index contributed by atoms with van der Waals surface area (Å²) in [5.74, 6) is 0.511. The van der Waals surface area contributed by atoms with Crippen LogP contribution in [0.25, 0.3) is 0 Å². The summed E-state index contributed by atoms with van der Waals surface area (Å²) in [7, 11) is 0.542. The van der Waals surface area contributed by atoms with Gasteiger partial charge in [0, 0.05) is 18.7 Å². The smallest absolute Gasteiger partial charge is 0.244 e. The van der Waals surface area contributed by atoms with Crippen molar-refractivity contribution in [2.75, 3.05) is 38.4 Å². The zero-order valence-corrected chi connectivity index (χ0v) is 24.1. The number of sulfonamides is 1. The van der Waals surface area contributed by atoms with E-state index in [2.05, 4.69) is 5.32 Å². The first-order valence-electron chi connectivity index (χ1n) is 13.0. The molecule has 1 N–H and O–H groups in total. The standard InChI is InChI=1S/C28H39N3O7S/c1-20(28(33)29-22-11-7-6-8-12-22)30(18-21-10-9-13-23(16-21)36-2)27(32)19-31(39(5,34)35)25-15-14-24(37-3)17-26(25)38-4/h9-10,13-17,20,22H,6-8,11-12,18-19H2,1-5H3,(H,29,33)/t20-/m0/s1. The number of hydrogen-bond acceptors (Lipinski definition) is 7. The molecule has 1 fully saturated rings. The zero-order chi connectivity index (χ0) is 28.6. The van der Waals surface area contributed by atoms with Crippen molar-refractivity contribution in [1.29, 1.82) is 0 Å². The summed E-state index contributed by atoms with van der Waals surface area (Å²) >= 11 is 0. The third-order valence-corrected chi connectivity index (χ3v) is 8.07. The highest BCUT2D eigenvalue weighted by Gasteiger charge is 2.32. The number of ether oxygens (including phenoxy) is 3. The topological polar surface area (TPSA) is 114 Å². The van der Waals surface area contributed by atoms with Crippen molar-refractivity contribution in [1.82, 2.24) is 10.2 Å². The fourth-order valence-electron chi connectivity index (χ4n) is 4.70. The minimum Gasteiger partial charge on any atom is -0.497 e. The average Bonchev–Trinajstić information content (AvgIpc) is 2.93. The van der Waals surface area contributed by atoms with Gasteiger partial charge in [0.1, 0.15) is 29.8 Å². The van der Waals surface area contributed by atoms with Crippen LogP contribution in [0.4, 0.5) is 5.69 Å². The highest BCUT2D eigenvalue weighted by molar-refractivity contribution is 7.92. The molecule has 1 atom stereocenters. The molecule has 1 saturated carbocycles. The molecule has 10 nitrogen and oxygen atoms in total. The molecule has 0 heterocycles. The summed E-state index contributed by atoms with van der Waals surface area (Å²) < 4.78 is 42.7. The molecule has 0 aromatic heterocycles.